The molecular weight excluding hydrogens is 254 g/mol. The number of hydrogen-bond donors (Lipinski definition) is 2. The van der Waals surface area contributed by atoms with E-state index in [-0.39, 0.29) is 5.88 Å². The zero-order valence-electron chi connectivity index (χ0n) is 11.8. The number of aromatic nitrogens is 1. The van der Waals surface area contributed by atoms with E-state index in [2.05, 4.69) is 6.92 Å². The second-order valence-corrected chi connectivity index (χ2v) is 5.13. The first-order chi connectivity index (χ1) is 9.66. The number of hydrogen-bond acceptors (Lipinski definition) is 3. The van der Waals surface area contributed by atoms with E-state index in [0.29, 0.717) is 22.1 Å². The van der Waals surface area contributed by atoms with Crippen LogP contribution in [0.25, 0.3) is 10.8 Å². The summed E-state index contributed by atoms with van der Waals surface area (Å²) in [4.78, 5) is 11.9. The fourth-order valence-corrected chi connectivity index (χ4v) is 2.54. The molecule has 0 unspecified atom stereocenters. The van der Waals surface area contributed by atoms with Crippen LogP contribution in [-0.2, 0) is 6.42 Å². The Hall–Kier alpha value is -1.97. The summed E-state index contributed by atoms with van der Waals surface area (Å²) in [7, 11) is 0. The molecule has 2 N–H and O–H groups in total. The molecule has 1 aromatic heterocycles. The lowest BCUT2D eigenvalue weighted by Gasteiger charge is -2.11. The number of nitrogens with zero attached hydrogens (tertiary/aromatic N) is 1. The van der Waals surface area contributed by atoms with E-state index >= 15 is 0 Å². The van der Waals surface area contributed by atoms with E-state index in [4.69, 9.17) is 0 Å². The Bertz CT molecular complexity index is 646. The minimum Gasteiger partial charge on any atom is -0.492 e. The van der Waals surface area contributed by atoms with Gasteiger partial charge in [-0.3, -0.25) is 4.79 Å². The molecule has 4 nitrogen and oxygen atoms in total. The van der Waals surface area contributed by atoms with Gasteiger partial charge in [-0.15, -0.1) is 4.73 Å². The van der Waals surface area contributed by atoms with E-state index in [1.807, 2.05) is 12.1 Å². The van der Waals surface area contributed by atoms with Crippen LogP contribution < -0.4 is 5.56 Å². The predicted molar refractivity (Wildman–Crippen MR) is 79.5 cm³/mol. The van der Waals surface area contributed by atoms with Gasteiger partial charge in [0.15, 0.2) is 0 Å². The predicted octanol–water partition coefficient (Wildman–Crippen LogP) is 3.46. The largest absolute Gasteiger partial charge is 0.492 e. The van der Waals surface area contributed by atoms with Gasteiger partial charge in [0.1, 0.15) is 0 Å². The standard InChI is InChI=1S/C16H21NO3/c1-2-3-4-5-6-10-13-12-9-7-8-11-14(12)16(19)17(20)15(13)18/h7-9,11,18,20H,2-6,10H2,1H3. The van der Waals surface area contributed by atoms with Crippen molar-refractivity contribution < 1.29 is 10.3 Å². The molecule has 0 fully saturated rings. The molecule has 0 bridgehead atoms. The Morgan fingerprint density at radius 1 is 1.05 bits per heavy atom. The van der Waals surface area contributed by atoms with Crippen molar-refractivity contribution in [1.29, 1.82) is 0 Å². The number of aryl methyl sites for hydroxylation is 1. The Morgan fingerprint density at radius 2 is 1.70 bits per heavy atom. The van der Waals surface area contributed by atoms with E-state index in [9.17, 15) is 15.1 Å². The minimum atomic E-state index is -0.576. The first-order valence-electron chi connectivity index (χ1n) is 7.21. The van der Waals surface area contributed by atoms with Gasteiger partial charge in [0.05, 0.1) is 5.39 Å². The molecule has 1 heterocycles. The van der Waals surface area contributed by atoms with Gasteiger partial charge in [0.2, 0.25) is 5.88 Å². The van der Waals surface area contributed by atoms with Crippen LogP contribution in [0.1, 0.15) is 44.6 Å². The lowest BCUT2D eigenvalue weighted by atomic mass is 10.0. The molecule has 0 saturated carbocycles. The third kappa shape index (κ3) is 2.79. The Balaban J connectivity index is 2.30. The molecule has 20 heavy (non-hydrogen) atoms. The summed E-state index contributed by atoms with van der Waals surface area (Å²) in [5.74, 6) is -0.329. The molecule has 2 rings (SSSR count). The van der Waals surface area contributed by atoms with Crippen LogP contribution in [-0.4, -0.2) is 15.0 Å². The normalized spacial score (nSPS) is 11.1. The van der Waals surface area contributed by atoms with Crippen molar-refractivity contribution in [2.24, 2.45) is 0 Å². The van der Waals surface area contributed by atoms with Crippen LogP contribution in [0, 0.1) is 0 Å². The number of benzene rings is 1. The fourth-order valence-electron chi connectivity index (χ4n) is 2.54. The highest BCUT2D eigenvalue weighted by Crippen LogP contribution is 2.25. The van der Waals surface area contributed by atoms with Crippen molar-refractivity contribution in [3.63, 3.8) is 0 Å². The van der Waals surface area contributed by atoms with Gasteiger partial charge in [-0.1, -0.05) is 50.8 Å². The average molecular weight is 275 g/mol. The maximum Gasteiger partial charge on any atom is 0.294 e. The SMILES string of the molecule is CCCCCCCc1c(O)n(O)c(=O)c2ccccc12. The van der Waals surface area contributed by atoms with Gasteiger partial charge in [-0.05, 0) is 24.3 Å². The van der Waals surface area contributed by atoms with Crippen LogP contribution in [0.2, 0.25) is 0 Å². The lowest BCUT2D eigenvalue weighted by molar-refractivity contribution is 0.143. The number of aromatic hydroxyl groups is 1. The lowest BCUT2D eigenvalue weighted by Crippen LogP contribution is -2.19. The van der Waals surface area contributed by atoms with Crippen molar-refractivity contribution >= 4 is 10.8 Å². The zero-order valence-corrected chi connectivity index (χ0v) is 11.8. The molecule has 4 heteroatoms. The van der Waals surface area contributed by atoms with E-state index < -0.39 is 5.56 Å². The Labute approximate surface area is 118 Å². The molecule has 0 spiro atoms. The van der Waals surface area contributed by atoms with Crippen molar-refractivity contribution in [1.82, 2.24) is 4.73 Å². The summed E-state index contributed by atoms with van der Waals surface area (Å²) in [5, 5.41) is 20.8. The molecule has 1 aromatic carbocycles. The van der Waals surface area contributed by atoms with E-state index in [0.717, 1.165) is 18.2 Å². The highest BCUT2D eigenvalue weighted by Gasteiger charge is 2.14. The molecule has 108 valence electrons. The van der Waals surface area contributed by atoms with Gasteiger partial charge < -0.3 is 10.3 Å². The second kappa shape index (κ2) is 6.46. The van der Waals surface area contributed by atoms with Crippen molar-refractivity contribution in [2.45, 2.75) is 45.4 Å². The highest BCUT2D eigenvalue weighted by atomic mass is 16.5. The fraction of sp³-hybridized carbons (Fsp3) is 0.438. The van der Waals surface area contributed by atoms with Crippen LogP contribution in [0.4, 0.5) is 0 Å². The monoisotopic (exact) mass is 275 g/mol. The molecule has 0 aliphatic heterocycles. The zero-order chi connectivity index (χ0) is 14.5. The van der Waals surface area contributed by atoms with Crippen molar-refractivity contribution in [3.8, 4) is 5.88 Å². The Kier molecular flexibility index (Phi) is 4.66. The molecule has 0 amide bonds. The number of pyridine rings is 1. The number of unbranched alkanes of at least 4 members (excludes halogenated alkanes) is 4. The molecule has 0 aliphatic carbocycles. The molecule has 0 radical (unpaired) electrons. The topological polar surface area (TPSA) is 62.5 Å². The van der Waals surface area contributed by atoms with E-state index in [1.54, 1.807) is 12.1 Å². The van der Waals surface area contributed by atoms with Gasteiger partial charge in [-0.2, -0.15) is 0 Å². The van der Waals surface area contributed by atoms with Crippen molar-refractivity contribution in [3.05, 3.63) is 40.2 Å². The summed E-state index contributed by atoms with van der Waals surface area (Å²) in [6.45, 7) is 2.17. The maximum absolute atomic E-state index is 11.9. The first kappa shape index (κ1) is 14.4. The van der Waals surface area contributed by atoms with Gasteiger partial charge in [-0.25, -0.2) is 0 Å². The van der Waals surface area contributed by atoms with Gasteiger partial charge in [0, 0.05) is 5.56 Å². The quantitative estimate of drug-likeness (QED) is 0.627. The second-order valence-electron chi connectivity index (χ2n) is 5.13. The van der Waals surface area contributed by atoms with Gasteiger partial charge >= 0.3 is 0 Å². The number of rotatable bonds is 6. The van der Waals surface area contributed by atoms with Crippen LogP contribution in [0.3, 0.4) is 0 Å². The first-order valence-corrected chi connectivity index (χ1v) is 7.21. The third-order valence-electron chi connectivity index (χ3n) is 3.68. The average Bonchev–Trinajstić information content (AvgIpc) is 2.48. The number of fused-ring (bicyclic) bond motifs is 1. The van der Waals surface area contributed by atoms with Crippen molar-refractivity contribution in [2.75, 3.05) is 0 Å². The van der Waals surface area contributed by atoms with Crippen LogP contribution in [0.5, 0.6) is 5.88 Å². The molecule has 0 aliphatic rings. The third-order valence-corrected chi connectivity index (χ3v) is 3.68. The summed E-state index contributed by atoms with van der Waals surface area (Å²) < 4.78 is 0.351. The smallest absolute Gasteiger partial charge is 0.294 e. The van der Waals surface area contributed by atoms with E-state index in [1.165, 1.54) is 19.3 Å². The summed E-state index contributed by atoms with van der Waals surface area (Å²) in [5.41, 5.74) is 0.0760. The highest BCUT2D eigenvalue weighted by molar-refractivity contribution is 5.86. The minimum absolute atomic E-state index is 0.329. The summed E-state index contributed by atoms with van der Waals surface area (Å²) >= 11 is 0. The maximum atomic E-state index is 11.9. The molecule has 0 saturated heterocycles. The van der Waals surface area contributed by atoms with Crippen LogP contribution >= 0.6 is 0 Å². The molecule has 0 atom stereocenters. The summed E-state index contributed by atoms with van der Waals surface area (Å²) in [6, 6.07) is 7.08. The van der Waals surface area contributed by atoms with Crippen LogP contribution in [0.15, 0.2) is 29.1 Å². The molecule has 2 aromatic rings. The molecular formula is C16H21NO3. The Morgan fingerprint density at radius 3 is 2.40 bits per heavy atom. The van der Waals surface area contributed by atoms with Gasteiger partial charge in [0.25, 0.3) is 5.56 Å². The summed E-state index contributed by atoms with van der Waals surface area (Å²) in [6.07, 6.45) is 6.27.